The van der Waals surface area contributed by atoms with E-state index in [0.717, 1.165) is 23.8 Å². The van der Waals surface area contributed by atoms with Gasteiger partial charge in [0.2, 0.25) is 5.91 Å². The van der Waals surface area contributed by atoms with E-state index in [9.17, 15) is 14.9 Å². The molecule has 4 rings (SSSR count). The normalized spacial score (nSPS) is 15.1. The molecule has 7 nitrogen and oxygen atoms in total. The van der Waals surface area contributed by atoms with Gasteiger partial charge in [-0.25, -0.2) is 0 Å². The topological polar surface area (TPSA) is 94.4 Å². The number of aromatic nitrogens is 1. The van der Waals surface area contributed by atoms with Crippen LogP contribution in [0.5, 0.6) is 5.75 Å². The number of ether oxygens (including phenoxy) is 1. The smallest absolute Gasteiger partial charge is 0.269 e. The van der Waals surface area contributed by atoms with Gasteiger partial charge in [-0.1, -0.05) is 25.0 Å². The zero-order chi connectivity index (χ0) is 21.1. The second-order valence-electron chi connectivity index (χ2n) is 7.49. The predicted octanol–water partition coefficient (Wildman–Crippen LogP) is 4.99. The highest BCUT2D eigenvalue weighted by Crippen LogP contribution is 2.43. The van der Waals surface area contributed by atoms with Gasteiger partial charge in [0.1, 0.15) is 11.3 Å². The number of benzene rings is 2. The van der Waals surface area contributed by atoms with E-state index < -0.39 is 10.3 Å². The second kappa shape index (κ2) is 8.10. The highest BCUT2D eigenvalue weighted by Gasteiger charge is 2.43. The van der Waals surface area contributed by atoms with Crippen molar-refractivity contribution >= 4 is 28.2 Å². The van der Waals surface area contributed by atoms with E-state index >= 15 is 0 Å². The van der Waals surface area contributed by atoms with Crippen LogP contribution in [-0.4, -0.2) is 22.4 Å². The number of nitrogens with one attached hydrogen (secondary N) is 1. The van der Waals surface area contributed by atoms with Crippen LogP contribution in [0.25, 0.3) is 10.9 Å². The molecule has 1 aliphatic carbocycles. The first-order chi connectivity index (χ1) is 14.5. The SMILES string of the molecule is CCOc1ccc(NC(=O)C2(c3ccc([N+](=O)[O-])cc3)CCCC2)c2cccnc12. The van der Waals surface area contributed by atoms with Crippen LogP contribution in [0.4, 0.5) is 11.4 Å². The molecule has 1 aromatic heterocycles. The summed E-state index contributed by atoms with van der Waals surface area (Å²) in [5, 5.41) is 14.9. The number of carbonyl (C=O) groups excluding carboxylic acids is 1. The van der Waals surface area contributed by atoms with Crippen molar-refractivity contribution in [2.24, 2.45) is 0 Å². The van der Waals surface area contributed by atoms with E-state index in [1.54, 1.807) is 18.3 Å². The van der Waals surface area contributed by atoms with Crippen molar-refractivity contribution in [1.29, 1.82) is 0 Å². The number of hydrogen-bond donors (Lipinski definition) is 1. The van der Waals surface area contributed by atoms with E-state index in [2.05, 4.69) is 10.3 Å². The summed E-state index contributed by atoms with van der Waals surface area (Å²) in [7, 11) is 0. The van der Waals surface area contributed by atoms with Crippen molar-refractivity contribution in [3.63, 3.8) is 0 Å². The number of carbonyl (C=O) groups is 1. The number of hydrogen-bond acceptors (Lipinski definition) is 5. The van der Waals surface area contributed by atoms with Gasteiger partial charge in [-0.2, -0.15) is 0 Å². The molecule has 1 N–H and O–H groups in total. The third-order valence-corrected chi connectivity index (χ3v) is 5.80. The molecule has 0 saturated heterocycles. The summed E-state index contributed by atoms with van der Waals surface area (Å²) < 4.78 is 5.67. The lowest BCUT2D eigenvalue weighted by atomic mass is 9.78. The Balaban J connectivity index is 1.69. The lowest BCUT2D eigenvalue weighted by molar-refractivity contribution is -0.384. The Morgan fingerprint density at radius 3 is 2.57 bits per heavy atom. The number of non-ortho nitro benzene ring substituents is 1. The minimum atomic E-state index is -0.692. The van der Waals surface area contributed by atoms with Crippen molar-refractivity contribution in [1.82, 2.24) is 4.98 Å². The lowest BCUT2D eigenvalue weighted by Gasteiger charge is -2.28. The summed E-state index contributed by atoms with van der Waals surface area (Å²) in [6.45, 7) is 2.44. The Morgan fingerprint density at radius 2 is 1.90 bits per heavy atom. The molecule has 0 radical (unpaired) electrons. The highest BCUT2D eigenvalue weighted by atomic mass is 16.6. The van der Waals surface area contributed by atoms with Crippen LogP contribution in [0.15, 0.2) is 54.7 Å². The van der Waals surface area contributed by atoms with E-state index in [1.807, 2.05) is 31.2 Å². The van der Waals surface area contributed by atoms with Crippen molar-refractivity contribution in [2.75, 3.05) is 11.9 Å². The van der Waals surface area contributed by atoms with Crippen LogP contribution in [0.1, 0.15) is 38.2 Å². The summed E-state index contributed by atoms with van der Waals surface area (Å²) in [4.78, 5) is 28.5. The molecule has 1 saturated carbocycles. The number of nitro benzene ring substituents is 1. The first-order valence-corrected chi connectivity index (χ1v) is 10.1. The number of amides is 1. The van der Waals surface area contributed by atoms with Crippen LogP contribution in [0.2, 0.25) is 0 Å². The molecule has 1 fully saturated rings. The summed E-state index contributed by atoms with van der Waals surface area (Å²) >= 11 is 0. The molecule has 30 heavy (non-hydrogen) atoms. The van der Waals surface area contributed by atoms with Gasteiger partial charge in [-0.3, -0.25) is 19.9 Å². The maximum absolute atomic E-state index is 13.5. The molecule has 0 atom stereocenters. The third kappa shape index (κ3) is 3.47. The average Bonchev–Trinajstić information content (AvgIpc) is 3.27. The number of rotatable bonds is 6. The molecular weight excluding hydrogens is 382 g/mol. The summed E-state index contributed by atoms with van der Waals surface area (Å²) in [6.07, 6.45) is 5.01. The first kappa shape index (κ1) is 19.8. The Labute approximate surface area is 174 Å². The Hall–Kier alpha value is -3.48. The first-order valence-electron chi connectivity index (χ1n) is 10.1. The van der Waals surface area contributed by atoms with E-state index in [-0.39, 0.29) is 11.6 Å². The quantitative estimate of drug-likeness (QED) is 0.460. The molecule has 1 heterocycles. The molecular formula is C23H23N3O4. The van der Waals surface area contributed by atoms with Gasteiger partial charge in [0.25, 0.3) is 5.69 Å². The number of fused-ring (bicyclic) bond motifs is 1. The molecule has 1 aliphatic rings. The zero-order valence-electron chi connectivity index (χ0n) is 16.8. The highest BCUT2D eigenvalue weighted by molar-refractivity contribution is 6.06. The monoisotopic (exact) mass is 405 g/mol. The van der Waals surface area contributed by atoms with Crippen molar-refractivity contribution in [3.8, 4) is 5.75 Å². The number of nitrogens with zero attached hydrogens (tertiary/aromatic N) is 2. The van der Waals surface area contributed by atoms with Crippen LogP contribution >= 0.6 is 0 Å². The van der Waals surface area contributed by atoms with Gasteiger partial charge < -0.3 is 10.1 Å². The molecule has 1 amide bonds. The lowest BCUT2D eigenvalue weighted by Crippen LogP contribution is -2.38. The summed E-state index contributed by atoms with van der Waals surface area (Å²) in [6, 6.07) is 13.8. The van der Waals surface area contributed by atoms with Crippen molar-refractivity contribution in [2.45, 2.75) is 38.0 Å². The van der Waals surface area contributed by atoms with E-state index in [4.69, 9.17) is 4.74 Å². The van der Waals surface area contributed by atoms with Crippen LogP contribution in [-0.2, 0) is 10.2 Å². The van der Waals surface area contributed by atoms with Gasteiger partial charge in [-0.15, -0.1) is 0 Å². The van der Waals surface area contributed by atoms with Crippen molar-refractivity contribution in [3.05, 3.63) is 70.4 Å². The Morgan fingerprint density at radius 1 is 1.17 bits per heavy atom. The molecule has 0 aliphatic heterocycles. The van der Waals surface area contributed by atoms with Crippen LogP contribution in [0.3, 0.4) is 0 Å². The second-order valence-corrected chi connectivity index (χ2v) is 7.49. The standard InChI is InChI=1S/C23H23N3O4/c1-2-30-20-12-11-19(18-6-5-15-24-21(18)20)25-22(27)23(13-3-4-14-23)16-7-9-17(10-8-16)26(28)29/h5-12,15H,2-4,13-14H2,1H3,(H,25,27). The molecule has 7 heteroatoms. The van der Waals surface area contributed by atoms with E-state index in [1.165, 1.54) is 12.1 Å². The fourth-order valence-electron chi connectivity index (χ4n) is 4.30. The Kier molecular flexibility index (Phi) is 5.35. The van der Waals surface area contributed by atoms with Gasteiger partial charge >= 0.3 is 0 Å². The van der Waals surface area contributed by atoms with Crippen LogP contribution in [0, 0.1) is 10.1 Å². The predicted molar refractivity (Wildman–Crippen MR) is 115 cm³/mol. The number of nitro groups is 1. The van der Waals surface area contributed by atoms with Gasteiger partial charge in [0.05, 0.1) is 22.6 Å². The van der Waals surface area contributed by atoms with Gasteiger partial charge in [0.15, 0.2) is 0 Å². The molecule has 0 spiro atoms. The zero-order valence-corrected chi connectivity index (χ0v) is 16.8. The summed E-state index contributed by atoms with van der Waals surface area (Å²) in [5.74, 6) is 0.584. The molecule has 2 aromatic carbocycles. The largest absolute Gasteiger partial charge is 0.492 e. The summed E-state index contributed by atoms with van der Waals surface area (Å²) in [5.41, 5.74) is 1.53. The molecule has 154 valence electrons. The average molecular weight is 405 g/mol. The van der Waals surface area contributed by atoms with Crippen molar-refractivity contribution < 1.29 is 14.5 Å². The maximum Gasteiger partial charge on any atom is 0.269 e. The minimum absolute atomic E-state index is 0.0240. The minimum Gasteiger partial charge on any atom is -0.492 e. The molecule has 0 bridgehead atoms. The van der Waals surface area contributed by atoms with Gasteiger partial charge in [-0.05, 0) is 49.6 Å². The number of anilines is 1. The third-order valence-electron chi connectivity index (χ3n) is 5.80. The Bertz CT molecular complexity index is 1090. The maximum atomic E-state index is 13.5. The fraction of sp³-hybridized carbons (Fsp3) is 0.304. The fourth-order valence-corrected chi connectivity index (χ4v) is 4.30. The van der Waals surface area contributed by atoms with E-state index in [0.29, 0.717) is 36.4 Å². The number of pyridine rings is 1. The molecule has 3 aromatic rings. The molecule has 0 unspecified atom stereocenters. The van der Waals surface area contributed by atoms with Gasteiger partial charge in [0, 0.05) is 23.7 Å². The van der Waals surface area contributed by atoms with Crippen LogP contribution < -0.4 is 10.1 Å².